The van der Waals surface area contributed by atoms with Gasteiger partial charge in [0.1, 0.15) is 11.9 Å². The van der Waals surface area contributed by atoms with Gasteiger partial charge in [-0.1, -0.05) is 0 Å². The molecule has 1 unspecified atom stereocenters. The molecule has 0 aromatic heterocycles. The molecule has 9 heteroatoms. The van der Waals surface area contributed by atoms with Crippen LogP contribution in [0.4, 0.5) is 4.39 Å². The van der Waals surface area contributed by atoms with Crippen molar-refractivity contribution in [2.75, 3.05) is 13.2 Å². The van der Waals surface area contributed by atoms with Crippen molar-refractivity contribution >= 4 is 41.6 Å². The number of esters is 1. The largest absolute Gasteiger partial charge is 0.457 e. The van der Waals surface area contributed by atoms with Crippen molar-refractivity contribution < 1.29 is 27.1 Å². The molecule has 5 nitrogen and oxygen atoms in total. The van der Waals surface area contributed by atoms with Crippen LogP contribution in [0.5, 0.6) is 0 Å². The standard InChI is InChI=1S/C12H13BrClFO5S/c1-3-19-6-7(2)20-12(16)8-4-11(21(14,17)18)9(13)5-10(8)15/h4-5,7H,3,6H2,1-2H3. The highest BCUT2D eigenvalue weighted by atomic mass is 79.9. The third kappa shape index (κ3) is 5.21. The molecule has 1 rings (SSSR count). The maximum absolute atomic E-state index is 13.8. The number of rotatable bonds is 6. The summed E-state index contributed by atoms with van der Waals surface area (Å²) < 4.78 is 46.4. The fourth-order valence-corrected chi connectivity index (χ4v) is 3.60. The number of carbonyl (C=O) groups excluding carboxylic acids is 1. The fourth-order valence-electron chi connectivity index (χ4n) is 1.44. The van der Waals surface area contributed by atoms with Crippen molar-refractivity contribution in [3.8, 4) is 0 Å². The van der Waals surface area contributed by atoms with Crippen LogP contribution in [0.15, 0.2) is 21.5 Å². The summed E-state index contributed by atoms with van der Waals surface area (Å²) in [6, 6.07) is 1.68. The van der Waals surface area contributed by atoms with Crippen LogP contribution < -0.4 is 0 Å². The minimum absolute atomic E-state index is 0.0751. The minimum atomic E-state index is -4.12. The van der Waals surface area contributed by atoms with E-state index < -0.39 is 37.4 Å². The Morgan fingerprint density at radius 1 is 1.48 bits per heavy atom. The van der Waals surface area contributed by atoms with Crippen LogP contribution in [0.3, 0.4) is 0 Å². The smallest absolute Gasteiger partial charge is 0.341 e. The minimum Gasteiger partial charge on any atom is -0.457 e. The lowest BCUT2D eigenvalue weighted by molar-refractivity contribution is 0.00398. The first-order chi connectivity index (χ1) is 9.66. The van der Waals surface area contributed by atoms with Crippen molar-refractivity contribution in [3.63, 3.8) is 0 Å². The predicted octanol–water partition coefficient (Wildman–Crippen LogP) is 3.10. The summed E-state index contributed by atoms with van der Waals surface area (Å²) in [5, 5.41) is 0. The average Bonchev–Trinajstić information content (AvgIpc) is 2.34. The van der Waals surface area contributed by atoms with E-state index >= 15 is 0 Å². The van der Waals surface area contributed by atoms with Crippen LogP contribution in [0, 0.1) is 5.82 Å². The Balaban J connectivity index is 3.05. The second-order valence-electron chi connectivity index (χ2n) is 4.08. The average molecular weight is 404 g/mol. The molecule has 118 valence electrons. The van der Waals surface area contributed by atoms with E-state index in [4.69, 9.17) is 20.2 Å². The first kappa shape index (κ1) is 18.3. The molecular weight excluding hydrogens is 391 g/mol. The first-order valence-electron chi connectivity index (χ1n) is 5.89. The Morgan fingerprint density at radius 2 is 2.10 bits per heavy atom. The summed E-state index contributed by atoms with van der Waals surface area (Å²) in [6.45, 7) is 3.95. The fraction of sp³-hybridized carbons (Fsp3) is 0.417. The predicted molar refractivity (Wildman–Crippen MR) is 78.5 cm³/mol. The zero-order valence-corrected chi connectivity index (χ0v) is 14.4. The molecule has 0 fully saturated rings. The van der Waals surface area contributed by atoms with Gasteiger partial charge in [0, 0.05) is 21.8 Å². The van der Waals surface area contributed by atoms with Gasteiger partial charge in [0.05, 0.1) is 17.1 Å². The summed E-state index contributed by atoms with van der Waals surface area (Å²) in [5.74, 6) is -1.91. The Hall–Kier alpha value is -0.700. The third-order valence-electron chi connectivity index (χ3n) is 2.37. The second kappa shape index (κ2) is 7.53. The molecule has 1 aromatic rings. The Morgan fingerprint density at radius 3 is 2.62 bits per heavy atom. The molecule has 0 amide bonds. The maximum atomic E-state index is 13.8. The first-order valence-corrected chi connectivity index (χ1v) is 8.99. The molecule has 0 aliphatic carbocycles. The number of ether oxygens (including phenoxy) is 2. The van der Waals surface area contributed by atoms with Gasteiger partial charge in [-0.15, -0.1) is 0 Å². The highest BCUT2D eigenvalue weighted by molar-refractivity contribution is 9.10. The number of hydrogen-bond acceptors (Lipinski definition) is 5. The van der Waals surface area contributed by atoms with Gasteiger partial charge in [0.2, 0.25) is 0 Å². The van der Waals surface area contributed by atoms with Gasteiger partial charge in [-0.2, -0.15) is 0 Å². The molecule has 0 aliphatic heterocycles. The van der Waals surface area contributed by atoms with Gasteiger partial charge in [-0.3, -0.25) is 0 Å². The van der Waals surface area contributed by atoms with Crippen LogP contribution in [0.2, 0.25) is 0 Å². The molecule has 0 saturated carbocycles. The summed E-state index contributed by atoms with van der Waals surface area (Å²) in [5.41, 5.74) is -0.513. The third-order valence-corrected chi connectivity index (χ3v) is 4.65. The van der Waals surface area contributed by atoms with E-state index in [0.29, 0.717) is 6.61 Å². The summed E-state index contributed by atoms with van der Waals surface area (Å²) >= 11 is 2.88. The molecule has 0 radical (unpaired) electrons. The van der Waals surface area contributed by atoms with E-state index in [1.807, 2.05) is 0 Å². The van der Waals surface area contributed by atoms with Crippen LogP contribution >= 0.6 is 26.6 Å². The van der Waals surface area contributed by atoms with Crippen molar-refractivity contribution in [2.45, 2.75) is 24.8 Å². The highest BCUT2D eigenvalue weighted by Crippen LogP contribution is 2.28. The molecular formula is C12H13BrClFO5S. The summed E-state index contributed by atoms with van der Waals surface area (Å²) in [7, 11) is 1.09. The van der Waals surface area contributed by atoms with Crippen molar-refractivity contribution in [3.05, 3.63) is 28.0 Å². The van der Waals surface area contributed by atoms with Crippen LogP contribution in [0.25, 0.3) is 0 Å². The number of halogens is 3. The van der Waals surface area contributed by atoms with E-state index in [1.54, 1.807) is 13.8 Å². The Labute approximate surface area is 134 Å². The van der Waals surface area contributed by atoms with Gasteiger partial charge in [0.15, 0.2) is 0 Å². The summed E-state index contributed by atoms with van der Waals surface area (Å²) in [4.78, 5) is 11.5. The lowest BCUT2D eigenvalue weighted by atomic mass is 10.2. The molecule has 0 spiro atoms. The molecule has 21 heavy (non-hydrogen) atoms. The number of carbonyl (C=O) groups is 1. The highest BCUT2D eigenvalue weighted by Gasteiger charge is 2.23. The lowest BCUT2D eigenvalue weighted by Gasteiger charge is -2.14. The van der Waals surface area contributed by atoms with Gasteiger partial charge in [0.25, 0.3) is 9.05 Å². The van der Waals surface area contributed by atoms with E-state index in [0.717, 1.165) is 12.1 Å². The van der Waals surface area contributed by atoms with Gasteiger partial charge in [-0.05, 0) is 41.9 Å². The summed E-state index contributed by atoms with van der Waals surface area (Å²) in [6.07, 6.45) is -0.600. The van der Waals surface area contributed by atoms with Gasteiger partial charge < -0.3 is 9.47 Å². The topological polar surface area (TPSA) is 69.7 Å². The van der Waals surface area contributed by atoms with E-state index in [9.17, 15) is 17.6 Å². The monoisotopic (exact) mass is 402 g/mol. The lowest BCUT2D eigenvalue weighted by Crippen LogP contribution is -2.21. The van der Waals surface area contributed by atoms with Crippen molar-refractivity contribution in [2.24, 2.45) is 0 Å². The van der Waals surface area contributed by atoms with Gasteiger partial charge in [-0.25, -0.2) is 17.6 Å². The maximum Gasteiger partial charge on any atom is 0.341 e. The Kier molecular flexibility index (Phi) is 6.58. The molecule has 0 heterocycles. The van der Waals surface area contributed by atoms with Crippen molar-refractivity contribution in [1.29, 1.82) is 0 Å². The van der Waals surface area contributed by atoms with E-state index in [1.165, 1.54) is 0 Å². The van der Waals surface area contributed by atoms with E-state index in [-0.39, 0.29) is 11.1 Å². The molecule has 1 aromatic carbocycles. The second-order valence-corrected chi connectivity index (χ2v) is 7.46. The zero-order valence-electron chi connectivity index (χ0n) is 11.2. The van der Waals surface area contributed by atoms with Crippen LogP contribution in [-0.2, 0) is 18.5 Å². The molecule has 0 N–H and O–H groups in total. The van der Waals surface area contributed by atoms with Gasteiger partial charge >= 0.3 is 5.97 Å². The Bertz CT molecular complexity index is 635. The molecule has 0 bridgehead atoms. The molecule has 0 aliphatic rings. The van der Waals surface area contributed by atoms with Crippen molar-refractivity contribution in [1.82, 2.24) is 0 Å². The number of benzene rings is 1. The van der Waals surface area contributed by atoms with Crippen LogP contribution in [0.1, 0.15) is 24.2 Å². The normalized spacial score (nSPS) is 13.0. The molecule has 1 atom stereocenters. The van der Waals surface area contributed by atoms with Crippen LogP contribution in [-0.4, -0.2) is 33.7 Å². The SMILES string of the molecule is CCOCC(C)OC(=O)c1cc(S(=O)(=O)Cl)c(Br)cc1F. The number of hydrogen-bond donors (Lipinski definition) is 0. The quantitative estimate of drug-likeness (QED) is 0.539. The zero-order chi connectivity index (χ0) is 16.2. The molecule has 0 saturated heterocycles. The van der Waals surface area contributed by atoms with E-state index in [2.05, 4.69) is 15.9 Å².